The first kappa shape index (κ1) is 11.5. The van der Waals surface area contributed by atoms with E-state index in [2.05, 4.69) is 0 Å². The lowest BCUT2D eigenvalue weighted by Gasteiger charge is -1.98. The topological polar surface area (TPSA) is 35.5 Å². The summed E-state index contributed by atoms with van der Waals surface area (Å²) in [4.78, 5) is 10.7. The van der Waals surface area contributed by atoms with Crippen LogP contribution in [0.2, 0.25) is 0 Å². The molecule has 0 fully saturated rings. The predicted octanol–water partition coefficient (Wildman–Crippen LogP) is 3.40. The SMILES string of the molecule is O=Cc1cccc(C=Cc2ccc3c(c2)OCO3)c1. The second-order valence-corrected chi connectivity index (χ2v) is 4.23. The fourth-order valence-corrected chi connectivity index (χ4v) is 1.95. The van der Waals surface area contributed by atoms with Crippen LogP contribution >= 0.6 is 0 Å². The summed E-state index contributed by atoms with van der Waals surface area (Å²) in [5, 5.41) is 0. The van der Waals surface area contributed by atoms with E-state index in [1.807, 2.05) is 48.6 Å². The average molecular weight is 252 g/mol. The van der Waals surface area contributed by atoms with Crippen LogP contribution in [0.1, 0.15) is 21.5 Å². The molecule has 19 heavy (non-hydrogen) atoms. The van der Waals surface area contributed by atoms with Crippen LogP contribution in [-0.4, -0.2) is 13.1 Å². The number of fused-ring (bicyclic) bond motifs is 1. The first-order valence-corrected chi connectivity index (χ1v) is 5.98. The Morgan fingerprint density at radius 2 is 1.58 bits per heavy atom. The van der Waals surface area contributed by atoms with Crippen LogP contribution in [0.4, 0.5) is 0 Å². The van der Waals surface area contributed by atoms with Crippen molar-refractivity contribution in [2.45, 2.75) is 0 Å². The minimum absolute atomic E-state index is 0.282. The van der Waals surface area contributed by atoms with E-state index < -0.39 is 0 Å². The molecule has 2 aromatic carbocycles. The molecule has 0 atom stereocenters. The van der Waals surface area contributed by atoms with Gasteiger partial charge in [0.2, 0.25) is 6.79 Å². The van der Waals surface area contributed by atoms with Crippen molar-refractivity contribution < 1.29 is 14.3 Å². The number of carbonyl (C=O) groups is 1. The van der Waals surface area contributed by atoms with Gasteiger partial charge in [0.1, 0.15) is 6.29 Å². The van der Waals surface area contributed by atoms with Gasteiger partial charge < -0.3 is 9.47 Å². The molecule has 3 nitrogen and oxygen atoms in total. The number of hydrogen-bond donors (Lipinski definition) is 0. The molecule has 0 saturated heterocycles. The summed E-state index contributed by atoms with van der Waals surface area (Å²) in [6.45, 7) is 0.282. The third kappa shape index (κ3) is 2.50. The van der Waals surface area contributed by atoms with E-state index in [1.165, 1.54) is 0 Å². The monoisotopic (exact) mass is 252 g/mol. The molecule has 94 valence electrons. The van der Waals surface area contributed by atoms with Crippen molar-refractivity contribution in [3.63, 3.8) is 0 Å². The molecule has 0 aromatic heterocycles. The zero-order valence-electron chi connectivity index (χ0n) is 10.2. The van der Waals surface area contributed by atoms with Gasteiger partial charge in [0.15, 0.2) is 11.5 Å². The van der Waals surface area contributed by atoms with Gasteiger partial charge in [0.05, 0.1) is 0 Å². The van der Waals surface area contributed by atoms with E-state index in [0.29, 0.717) is 5.56 Å². The molecule has 0 N–H and O–H groups in total. The lowest BCUT2D eigenvalue weighted by atomic mass is 10.1. The predicted molar refractivity (Wildman–Crippen MR) is 73.3 cm³/mol. The summed E-state index contributed by atoms with van der Waals surface area (Å²) in [6.07, 6.45) is 4.79. The normalized spacial score (nSPS) is 12.8. The Bertz CT molecular complexity index is 644. The van der Waals surface area contributed by atoms with Crippen LogP contribution in [-0.2, 0) is 0 Å². The smallest absolute Gasteiger partial charge is 0.231 e. The van der Waals surface area contributed by atoms with E-state index in [1.54, 1.807) is 6.07 Å². The van der Waals surface area contributed by atoms with Crippen molar-refractivity contribution in [2.24, 2.45) is 0 Å². The largest absolute Gasteiger partial charge is 0.454 e. The Labute approximate surface area is 111 Å². The molecule has 0 aliphatic carbocycles. The highest BCUT2D eigenvalue weighted by Gasteiger charge is 2.11. The van der Waals surface area contributed by atoms with E-state index in [9.17, 15) is 4.79 Å². The third-order valence-corrected chi connectivity index (χ3v) is 2.91. The molecule has 0 bridgehead atoms. The zero-order valence-corrected chi connectivity index (χ0v) is 10.2. The second-order valence-electron chi connectivity index (χ2n) is 4.23. The molecular formula is C16H12O3. The van der Waals surface area contributed by atoms with Crippen LogP contribution in [0.15, 0.2) is 42.5 Å². The highest BCUT2D eigenvalue weighted by atomic mass is 16.7. The first-order chi connectivity index (χ1) is 9.35. The standard InChI is InChI=1S/C16H12O3/c17-10-14-3-1-2-12(8-14)4-5-13-6-7-15-16(9-13)19-11-18-15/h1-10H,11H2. The Kier molecular flexibility index (Phi) is 3.02. The molecule has 1 aliphatic rings. The summed E-state index contributed by atoms with van der Waals surface area (Å²) in [5.41, 5.74) is 2.69. The fourth-order valence-electron chi connectivity index (χ4n) is 1.95. The number of hydrogen-bond acceptors (Lipinski definition) is 3. The molecule has 3 rings (SSSR count). The molecule has 1 heterocycles. The van der Waals surface area contributed by atoms with Crippen molar-refractivity contribution in [1.82, 2.24) is 0 Å². The minimum atomic E-state index is 0.282. The van der Waals surface area contributed by atoms with E-state index in [-0.39, 0.29) is 6.79 Å². The quantitative estimate of drug-likeness (QED) is 0.620. The molecule has 3 heteroatoms. The molecule has 0 amide bonds. The van der Waals surface area contributed by atoms with Crippen LogP contribution in [0.3, 0.4) is 0 Å². The van der Waals surface area contributed by atoms with Crippen molar-refractivity contribution >= 4 is 18.4 Å². The summed E-state index contributed by atoms with van der Waals surface area (Å²) in [6, 6.07) is 13.2. The third-order valence-electron chi connectivity index (χ3n) is 2.91. The van der Waals surface area contributed by atoms with Crippen LogP contribution in [0, 0.1) is 0 Å². The van der Waals surface area contributed by atoms with Gasteiger partial charge >= 0.3 is 0 Å². The number of ether oxygens (including phenoxy) is 2. The maximum absolute atomic E-state index is 10.7. The molecule has 1 aliphatic heterocycles. The number of benzene rings is 2. The number of aldehydes is 1. The Balaban J connectivity index is 1.84. The Morgan fingerprint density at radius 1 is 0.842 bits per heavy atom. The van der Waals surface area contributed by atoms with Gasteiger partial charge in [-0.2, -0.15) is 0 Å². The van der Waals surface area contributed by atoms with Crippen molar-refractivity contribution in [3.05, 3.63) is 59.2 Å². The Hall–Kier alpha value is -2.55. The van der Waals surface area contributed by atoms with Crippen LogP contribution < -0.4 is 9.47 Å². The highest BCUT2D eigenvalue weighted by Crippen LogP contribution is 2.32. The van der Waals surface area contributed by atoms with Gasteiger partial charge in [0.25, 0.3) is 0 Å². The van der Waals surface area contributed by atoms with Crippen molar-refractivity contribution in [1.29, 1.82) is 0 Å². The van der Waals surface area contributed by atoms with Gasteiger partial charge in [-0.1, -0.05) is 36.4 Å². The lowest BCUT2D eigenvalue weighted by Crippen LogP contribution is -1.92. The average Bonchev–Trinajstić information content (AvgIpc) is 2.93. The van der Waals surface area contributed by atoms with Gasteiger partial charge in [-0.05, 0) is 29.3 Å². The molecule has 0 spiro atoms. The fraction of sp³-hybridized carbons (Fsp3) is 0.0625. The lowest BCUT2D eigenvalue weighted by molar-refractivity contribution is 0.112. The van der Waals surface area contributed by atoms with Gasteiger partial charge in [0, 0.05) is 5.56 Å². The minimum Gasteiger partial charge on any atom is -0.454 e. The first-order valence-electron chi connectivity index (χ1n) is 5.98. The number of carbonyl (C=O) groups excluding carboxylic acids is 1. The maximum Gasteiger partial charge on any atom is 0.231 e. The summed E-state index contributed by atoms with van der Waals surface area (Å²) >= 11 is 0. The van der Waals surface area contributed by atoms with E-state index in [4.69, 9.17) is 9.47 Å². The molecule has 0 saturated carbocycles. The van der Waals surface area contributed by atoms with Gasteiger partial charge in [-0.25, -0.2) is 0 Å². The molecular weight excluding hydrogens is 240 g/mol. The van der Waals surface area contributed by atoms with E-state index >= 15 is 0 Å². The van der Waals surface area contributed by atoms with Crippen LogP contribution in [0.5, 0.6) is 11.5 Å². The molecule has 0 unspecified atom stereocenters. The van der Waals surface area contributed by atoms with Gasteiger partial charge in [-0.15, -0.1) is 0 Å². The van der Waals surface area contributed by atoms with E-state index in [0.717, 1.165) is 28.9 Å². The van der Waals surface area contributed by atoms with Crippen LogP contribution in [0.25, 0.3) is 12.2 Å². The van der Waals surface area contributed by atoms with Crippen molar-refractivity contribution in [2.75, 3.05) is 6.79 Å². The highest BCUT2D eigenvalue weighted by molar-refractivity contribution is 5.78. The summed E-state index contributed by atoms with van der Waals surface area (Å²) in [7, 11) is 0. The number of rotatable bonds is 3. The van der Waals surface area contributed by atoms with Crippen molar-refractivity contribution in [3.8, 4) is 11.5 Å². The molecule has 0 radical (unpaired) electrons. The Morgan fingerprint density at radius 3 is 2.42 bits per heavy atom. The molecule has 2 aromatic rings. The summed E-state index contributed by atoms with van der Waals surface area (Å²) < 4.78 is 10.6. The van der Waals surface area contributed by atoms with Gasteiger partial charge in [-0.3, -0.25) is 4.79 Å². The second kappa shape index (κ2) is 4.98. The summed E-state index contributed by atoms with van der Waals surface area (Å²) in [5.74, 6) is 1.55. The zero-order chi connectivity index (χ0) is 13.1. The maximum atomic E-state index is 10.7.